The summed E-state index contributed by atoms with van der Waals surface area (Å²) in [6.07, 6.45) is -2.83. The van der Waals surface area contributed by atoms with Crippen molar-refractivity contribution in [2.24, 2.45) is 10.9 Å². The number of carbonyl (C=O) groups is 1. The van der Waals surface area contributed by atoms with Crippen LogP contribution in [0.4, 0.5) is 18.0 Å². The third-order valence-corrected chi connectivity index (χ3v) is 9.66. The number of urea groups is 1. The van der Waals surface area contributed by atoms with E-state index in [0.717, 1.165) is 68.8 Å². The van der Waals surface area contributed by atoms with Crippen LogP contribution in [-0.2, 0) is 6.18 Å². The van der Waals surface area contributed by atoms with Crippen LogP contribution in [0, 0.1) is 5.92 Å². The quantitative estimate of drug-likeness (QED) is 0.277. The van der Waals surface area contributed by atoms with Gasteiger partial charge in [0.2, 0.25) is 0 Å². The number of benzene rings is 3. The molecule has 2 saturated heterocycles. The molecule has 3 aliphatic heterocycles. The Morgan fingerprint density at radius 3 is 2.13 bits per heavy atom. The number of piperazine rings is 1. The second kappa shape index (κ2) is 14.4. The van der Waals surface area contributed by atoms with Crippen molar-refractivity contribution in [3.8, 4) is 5.75 Å². The van der Waals surface area contributed by atoms with Crippen LogP contribution < -0.4 is 10.1 Å². The van der Waals surface area contributed by atoms with Crippen molar-refractivity contribution >= 4 is 35.1 Å². The molecule has 7 nitrogen and oxygen atoms in total. The highest BCUT2D eigenvalue weighted by molar-refractivity contribution is 6.30. The Morgan fingerprint density at radius 2 is 1.53 bits per heavy atom. The maximum Gasteiger partial charge on any atom is 0.416 e. The number of halogens is 5. The van der Waals surface area contributed by atoms with E-state index < -0.39 is 23.8 Å². The van der Waals surface area contributed by atoms with Gasteiger partial charge in [0.25, 0.3) is 0 Å². The molecule has 0 aromatic heterocycles. The average molecular weight is 689 g/mol. The first kappa shape index (κ1) is 33.6. The highest BCUT2D eigenvalue weighted by atomic mass is 35.5. The van der Waals surface area contributed by atoms with Gasteiger partial charge in [0, 0.05) is 55.9 Å². The van der Waals surface area contributed by atoms with Crippen LogP contribution in [0.2, 0.25) is 10.0 Å². The Balaban J connectivity index is 1.40. The lowest BCUT2D eigenvalue weighted by molar-refractivity contribution is -0.137. The second-order valence-electron chi connectivity index (χ2n) is 12.2. The highest BCUT2D eigenvalue weighted by Crippen LogP contribution is 2.46. The van der Waals surface area contributed by atoms with Gasteiger partial charge < -0.3 is 19.9 Å². The van der Waals surface area contributed by atoms with Gasteiger partial charge in [-0.1, -0.05) is 47.5 Å². The summed E-state index contributed by atoms with van der Waals surface area (Å²) in [4.78, 5) is 25.8. The van der Waals surface area contributed by atoms with Crippen molar-refractivity contribution in [1.82, 2.24) is 20.0 Å². The fourth-order valence-electron chi connectivity index (χ4n) is 6.73. The van der Waals surface area contributed by atoms with Gasteiger partial charge in [-0.2, -0.15) is 13.2 Å². The summed E-state index contributed by atoms with van der Waals surface area (Å²) in [7, 11) is 0. The first-order valence-corrected chi connectivity index (χ1v) is 16.8. The first-order chi connectivity index (χ1) is 22.6. The molecule has 0 aliphatic carbocycles. The van der Waals surface area contributed by atoms with Crippen LogP contribution in [-0.4, -0.2) is 79.0 Å². The molecule has 0 bridgehead atoms. The van der Waals surface area contributed by atoms with Gasteiger partial charge >= 0.3 is 12.2 Å². The molecule has 3 aromatic carbocycles. The fourth-order valence-corrected chi connectivity index (χ4v) is 6.98. The normalized spacial score (nSPS) is 21.2. The Bertz CT molecular complexity index is 1570. The number of nitrogens with one attached hydrogen (secondary N) is 1. The van der Waals surface area contributed by atoms with E-state index in [-0.39, 0.29) is 24.2 Å². The summed E-state index contributed by atoms with van der Waals surface area (Å²) < 4.78 is 47.2. The van der Waals surface area contributed by atoms with Crippen molar-refractivity contribution in [1.29, 1.82) is 0 Å². The fraction of sp³-hybridized carbons (Fsp3) is 0.429. The maximum atomic E-state index is 14.7. The molecule has 1 N–H and O–H groups in total. The van der Waals surface area contributed by atoms with Crippen molar-refractivity contribution < 1.29 is 22.7 Å². The number of rotatable bonds is 7. The number of amidine groups is 1. The number of piperidine rings is 1. The summed E-state index contributed by atoms with van der Waals surface area (Å²) >= 11 is 12.5. The van der Waals surface area contributed by atoms with Crippen molar-refractivity contribution in [2.45, 2.75) is 38.0 Å². The predicted octanol–water partition coefficient (Wildman–Crippen LogP) is 7.69. The number of carbonyl (C=O) groups excluding carboxylic acids is 1. The minimum atomic E-state index is -4.57. The third-order valence-electron chi connectivity index (χ3n) is 9.16. The molecule has 0 radical (unpaired) electrons. The molecule has 3 heterocycles. The van der Waals surface area contributed by atoms with E-state index in [1.165, 1.54) is 6.07 Å². The minimum absolute atomic E-state index is 0.0141. The van der Waals surface area contributed by atoms with Gasteiger partial charge in [0.1, 0.15) is 17.6 Å². The third kappa shape index (κ3) is 7.56. The Labute approximate surface area is 283 Å². The largest absolute Gasteiger partial charge is 0.493 e. The lowest BCUT2D eigenvalue weighted by atomic mass is 9.93. The summed E-state index contributed by atoms with van der Waals surface area (Å²) in [6.45, 7) is 8.03. The van der Waals surface area contributed by atoms with Gasteiger partial charge in [-0.05, 0) is 79.3 Å². The Hall–Kier alpha value is -3.31. The summed E-state index contributed by atoms with van der Waals surface area (Å²) in [5.41, 5.74) is 1.08. The topological polar surface area (TPSA) is 60.4 Å². The lowest BCUT2D eigenvalue weighted by Crippen LogP contribution is -2.51. The van der Waals surface area contributed by atoms with E-state index in [1.807, 2.05) is 29.2 Å². The number of hydrogen-bond donors (Lipinski definition) is 1. The molecule has 3 aromatic rings. The minimum Gasteiger partial charge on any atom is -0.493 e. The number of nitrogens with zero attached hydrogens (tertiary/aromatic N) is 4. The van der Waals surface area contributed by atoms with Gasteiger partial charge in [0.15, 0.2) is 0 Å². The van der Waals surface area contributed by atoms with Crippen LogP contribution in [0.25, 0.3) is 0 Å². The van der Waals surface area contributed by atoms with E-state index in [0.29, 0.717) is 34.6 Å². The number of ether oxygens (including phenoxy) is 1. The van der Waals surface area contributed by atoms with Crippen molar-refractivity contribution in [3.63, 3.8) is 0 Å². The van der Waals surface area contributed by atoms with Crippen LogP contribution in [0.15, 0.2) is 71.7 Å². The van der Waals surface area contributed by atoms with Gasteiger partial charge in [-0.3, -0.25) is 9.89 Å². The molecule has 2 atom stereocenters. The highest BCUT2D eigenvalue weighted by Gasteiger charge is 2.45. The SMILES string of the molecule is CCOc1cc(C(F)(F)F)ccc1C1=NC(c2ccc(Cl)cc2)C(c2ccc(Cl)cc2)N1C(=O)N1CCC(CN2CCNCC2)CC1. The van der Waals surface area contributed by atoms with E-state index in [9.17, 15) is 18.0 Å². The van der Waals surface area contributed by atoms with Crippen molar-refractivity contribution in [3.05, 3.63) is 99.0 Å². The monoisotopic (exact) mass is 687 g/mol. The number of likely N-dealkylation sites (tertiary alicyclic amines) is 1. The Kier molecular flexibility index (Phi) is 10.3. The van der Waals surface area contributed by atoms with E-state index in [1.54, 1.807) is 36.1 Å². The number of hydrogen-bond acceptors (Lipinski definition) is 5. The predicted molar refractivity (Wildman–Crippen MR) is 178 cm³/mol. The zero-order valence-corrected chi connectivity index (χ0v) is 27.7. The van der Waals surface area contributed by atoms with Gasteiger partial charge in [0.05, 0.1) is 23.8 Å². The number of aliphatic imine (C=N–C) groups is 1. The average Bonchev–Trinajstić information content (AvgIpc) is 3.46. The molecular formula is C35H38Cl2F3N5O2. The number of amides is 2. The summed E-state index contributed by atoms with van der Waals surface area (Å²) in [6, 6.07) is 16.4. The molecule has 6 rings (SSSR count). The van der Waals surface area contributed by atoms with Crippen LogP contribution in [0.1, 0.15) is 54.1 Å². The van der Waals surface area contributed by atoms with Crippen LogP contribution >= 0.6 is 23.2 Å². The first-order valence-electron chi connectivity index (χ1n) is 16.1. The lowest BCUT2D eigenvalue weighted by Gasteiger charge is -2.39. The molecule has 2 unspecified atom stereocenters. The molecule has 0 saturated carbocycles. The van der Waals surface area contributed by atoms with Crippen LogP contribution in [0.5, 0.6) is 5.75 Å². The van der Waals surface area contributed by atoms with Gasteiger partial charge in [-0.15, -0.1) is 0 Å². The van der Waals surface area contributed by atoms with Gasteiger partial charge in [-0.25, -0.2) is 4.79 Å². The molecule has 0 spiro atoms. The molecule has 250 valence electrons. The number of alkyl halides is 3. The standard InChI is InChI=1S/C35H38Cl2F3N5O2/c1-2-47-30-21-26(35(38,39)40)7-12-29(30)33-42-31(24-3-8-27(36)9-4-24)32(25-5-10-28(37)11-6-25)45(33)34(46)44-17-13-23(14-18-44)22-43-19-15-41-16-20-43/h3-12,21,23,31-32,41H,2,13-20,22H2,1H3. The zero-order chi connectivity index (χ0) is 33.1. The zero-order valence-electron chi connectivity index (χ0n) is 26.1. The van der Waals surface area contributed by atoms with Crippen LogP contribution in [0.3, 0.4) is 0 Å². The summed E-state index contributed by atoms with van der Waals surface area (Å²) in [5, 5.41) is 4.49. The van der Waals surface area contributed by atoms with E-state index in [2.05, 4.69) is 10.2 Å². The molecule has 2 amide bonds. The molecular weight excluding hydrogens is 650 g/mol. The van der Waals surface area contributed by atoms with E-state index in [4.69, 9.17) is 32.9 Å². The molecule has 47 heavy (non-hydrogen) atoms. The maximum absolute atomic E-state index is 14.7. The second-order valence-corrected chi connectivity index (χ2v) is 13.1. The molecule has 2 fully saturated rings. The van der Waals surface area contributed by atoms with E-state index >= 15 is 0 Å². The van der Waals surface area contributed by atoms with Crippen molar-refractivity contribution in [2.75, 3.05) is 52.4 Å². The molecule has 3 aliphatic rings. The smallest absolute Gasteiger partial charge is 0.416 e. The summed E-state index contributed by atoms with van der Waals surface area (Å²) in [5.74, 6) is 0.757. The Morgan fingerprint density at radius 1 is 0.915 bits per heavy atom. The molecule has 12 heteroatoms.